The fourth-order valence-corrected chi connectivity index (χ4v) is 2.71. The van der Waals surface area contributed by atoms with Crippen molar-refractivity contribution in [3.8, 4) is 0 Å². The van der Waals surface area contributed by atoms with Gasteiger partial charge in [-0.2, -0.15) is 0 Å². The normalized spacial score (nSPS) is 10.5. The van der Waals surface area contributed by atoms with Crippen LogP contribution in [-0.2, 0) is 13.1 Å². The molecule has 3 rings (SSSR count). The van der Waals surface area contributed by atoms with Crippen molar-refractivity contribution in [2.75, 3.05) is 11.9 Å². The molecule has 128 valence electrons. The Bertz CT molecular complexity index is 806. The van der Waals surface area contributed by atoms with Gasteiger partial charge >= 0.3 is 0 Å². The average molecular weight is 334 g/mol. The fraction of sp³-hybridized carbons (Fsp3) is 0.190. The lowest BCUT2D eigenvalue weighted by atomic mass is 10.1. The van der Waals surface area contributed by atoms with Crippen molar-refractivity contribution in [2.24, 2.45) is 0 Å². The standard InChI is InChI=1S/C21H22N2O2/c1-16-5-11-19(12-6-16)23(15-20-4-3-13-25-20)14-17-7-9-18(10-8-17)21(24)22-2/h3-13H,14-15H2,1-2H3,(H,22,24). The number of rotatable bonds is 6. The molecule has 0 unspecified atom stereocenters. The number of amides is 1. The molecule has 4 heteroatoms. The Hall–Kier alpha value is -3.01. The summed E-state index contributed by atoms with van der Waals surface area (Å²) in [5, 5.41) is 2.64. The first-order chi connectivity index (χ1) is 12.2. The van der Waals surface area contributed by atoms with Crippen molar-refractivity contribution in [1.29, 1.82) is 0 Å². The molecule has 0 aliphatic carbocycles. The number of hydrogen-bond donors (Lipinski definition) is 1. The predicted octanol–water partition coefficient (Wildman–Crippen LogP) is 4.15. The van der Waals surface area contributed by atoms with E-state index in [9.17, 15) is 4.79 Å². The molecule has 0 radical (unpaired) electrons. The lowest BCUT2D eigenvalue weighted by Gasteiger charge is -2.24. The highest BCUT2D eigenvalue weighted by Crippen LogP contribution is 2.21. The van der Waals surface area contributed by atoms with E-state index >= 15 is 0 Å². The molecule has 2 aromatic carbocycles. The molecule has 1 aromatic heterocycles. The molecule has 3 aromatic rings. The molecule has 0 aliphatic rings. The largest absolute Gasteiger partial charge is 0.467 e. The van der Waals surface area contributed by atoms with E-state index in [1.807, 2.05) is 36.4 Å². The van der Waals surface area contributed by atoms with Gasteiger partial charge in [0, 0.05) is 24.8 Å². The monoisotopic (exact) mass is 334 g/mol. The molecule has 0 bridgehead atoms. The van der Waals surface area contributed by atoms with Gasteiger partial charge in [0.15, 0.2) is 0 Å². The highest BCUT2D eigenvalue weighted by Gasteiger charge is 2.11. The highest BCUT2D eigenvalue weighted by atomic mass is 16.3. The zero-order valence-corrected chi connectivity index (χ0v) is 14.5. The molecule has 0 atom stereocenters. The molecule has 0 saturated carbocycles. The first kappa shape index (κ1) is 16.8. The van der Waals surface area contributed by atoms with Gasteiger partial charge in [-0.05, 0) is 48.9 Å². The van der Waals surface area contributed by atoms with Gasteiger partial charge in [0.25, 0.3) is 5.91 Å². The summed E-state index contributed by atoms with van der Waals surface area (Å²) in [4.78, 5) is 13.9. The van der Waals surface area contributed by atoms with E-state index in [0.717, 1.165) is 23.6 Å². The van der Waals surface area contributed by atoms with Crippen LogP contribution in [0, 0.1) is 6.92 Å². The first-order valence-electron chi connectivity index (χ1n) is 8.31. The van der Waals surface area contributed by atoms with E-state index in [4.69, 9.17) is 4.42 Å². The maximum absolute atomic E-state index is 11.7. The summed E-state index contributed by atoms with van der Waals surface area (Å²) >= 11 is 0. The molecule has 1 heterocycles. The molecule has 0 saturated heterocycles. The second-order valence-corrected chi connectivity index (χ2v) is 6.05. The summed E-state index contributed by atoms with van der Waals surface area (Å²) in [5.41, 5.74) is 4.17. The zero-order valence-electron chi connectivity index (χ0n) is 14.5. The van der Waals surface area contributed by atoms with Crippen molar-refractivity contribution in [3.63, 3.8) is 0 Å². The molecule has 0 aliphatic heterocycles. The van der Waals surface area contributed by atoms with Gasteiger partial charge in [0.2, 0.25) is 0 Å². The highest BCUT2D eigenvalue weighted by molar-refractivity contribution is 5.93. The van der Waals surface area contributed by atoms with Crippen molar-refractivity contribution in [3.05, 3.63) is 89.4 Å². The summed E-state index contributed by atoms with van der Waals surface area (Å²) in [7, 11) is 1.64. The Morgan fingerprint density at radius 2 is 1.72 bits per heavy atom. The molecule has 1 amide bonds. The molecular formula is C21H22N2O2. The minimum Gasteiger partial charge on any atom is -0.467 e. The van der Waals surface area contributed by atoms with Crippen LogP contribution in [0.1, 0.15) is 27.2 Å². The molecule has 1 N–H and O–H groups in total. The van der Waals surface area contributed by atoms with Crippen LogP contribution in [0.4, 0.5) is 5.69 Å². The summed E-state index contributed by atoms with van der Waals surface area (Å²) in [6, 6.07) is 20.0. The minimum atomic E-state index is -0.0717. The van der Waals surface area contributed by atoms with E-state index in [1.165, 1.54) is 5.56 Å². The van der Waals surface area contributed by atoms with Gasteiger partial charge in [-0.3, -0.25) is 4.79 Å². The number of carbonyl (C=O) groups excluding carboxylic acids is 1. The van der Waals surface area contributed by atoms with Crippen LogP contribution in [0.5, 0.6) is 0 Å². The Balaban J connectivity index is 1.81. The van der Waals surface area contributed by atoms with Gasteiger partial charge in [-0.1, -0.05) is 29.8 Å². The number of benzene rings is 2. The Morgan fingerprint density at radius 1 is 1.00 bits per heavy atom. The molecule has 0 spiro atoms. The minimum absolute atomic E-state index is 0.0717. The van der Waals surface area contributed by atoms with Crippen LogP contribution in [0.15, 0.2) is 71.3 Å². The van der Waals surface area contributed by atoms with E-state index in [2.05, 4.69) is 41.4 Å². The SMILES string of the molecule is CNC(=O)c1ccc(CN(Cc2ccco2)c2ccc(C)cc2)cc1. The van der Waals surface area contributed by atoms with Gasteiger partial charge in [-0.15, -0.1) is 0 Å². The molecule has 25 heavy (non-hydrogen) atoms. The number of nitrogens with one attached hydrogen (secondary N) is 1. The number of hydrogen-bond acceptors (Lipinski definition) is 3. The van der Waals surface area contributed by atoms with Crippen LogP contribution >= 0.6 is 0 Å². The second kappa shape index (κ2) is 7.71. The zero-order chi connectivity index (χ0) is 17.6. The number of nitrogens with zero attached hydrogens (tertiary/aromatic N) is 1. The van der Waals surface area contributed by atoms with Gasteiger partial charge in [0.05, 0.1) is 12.8 Å². The maximum atomic E-state index is 11.7. The molecule has 4 nitrogen and oxygen atoms in total. The van der Waals surface area contributed by atoms with Crippen LogP contribution in [-0.4, -0.2) is 13.0 Å². The van der Waals surface area contributed by atoms with Crippen LogP contribution in [0.3, 0.4) is 0 Å². The fourth-order valence-electron chi connectivity index (χ4n) is 2.71. The smallest absolute Gasteiger partial charge is 0.251 e. The quantitative estimate of drug-likeness (QED) is 0.736. The van der Waals surface area contributed by atoms with Gasteiger partial charge < -0.3 is 14.6 Å². The first-order valence-corrected chi connectivity index (χ1v) is 8.31. The van der Waals surface area contributed by atoms with Crippen LogP contribution < -0.4 is 10.2 Å². The van der Waals surface area contributed by atoms with Crippen molar-refractivity contribution >= 4 is 11.6 Å². The summed E-state index contributed by atoms with van der Waals surface area (Å²) < 4.78 is 5.52. The van der Waals surface area contributed by atoms with Gasteiger partial charge in [-0.25, -0.2) is 0 Å². The maximum Gasteiger partial charge on any atom is 0.251 e. The Morgan fingerprint density at radius 3 is 2.32 bits per heavy atom. The van der Waals surface area contributed by atoms with E-state index in [1.54, 1.807) is 13.3 Å². The van der Waals surface area contributed by atoms with Crippen LogP contribution in [0.25, 0.3) is 0 Å². The third-order valence-electron chi connectivity index (χ3n) is 4.14. The average Bonchev–Trinajstić information content (AvgIpc) is 3.15. The lowest BCUT2D eigenvalue weighted by molar-refractivity contribution is 0.0963. The van der Waals surface area contributed by atoms with Crippen molar-refractivity contribution < 1.29 is 9.21 Å². The second-order valence-electron chi connectivity index (χ2n) is 6.05. The van der Waals surface area contributed by atoms with E-state index < -0.39 is 0 Å². The summed E-state index contributed by atoms with van der Waals surface area (Å²) in [6.07, 6.45) is 1.70. The van der Waals surface area contributed by atoms with Crippen molar-refractivity contribution in [1.82, 2.24) is 5.32 Å². The number of carbonyl (C=O) groups is 1. The summed E-state index contributed by atoms with van der Waals surface area (Å²) in [6.45, 7) is 3.50. The third kappa shape index (κ3) is 4.29. The summed E-state index contributed by atoms with van der Waals surface area (Å²) in [5.74, 6) is 0.847. The van der Waals surface area contributed by atoms with Crippen LogP contribution in [0.2, 0.25) is 0 Å². The lowest BCUT2D eigenvalue weighted by Crippen LogP contribution is -2.22. The van der Waals surface area contributed by atoms with Crippen molar-refractivity contribution in [2.45, 2.75) is 20.0 Å². The topological polar surface area (TPSA) is 45.5 Å². The number of anilines is 1. The third-order valence-corrected chi connectivity index (χ3v) is 4.14. The molecule has 0 fully saturated rings. The van der Waals surface area contributed by atoms with Gasteiger partial charge in [0.1, 0.15) is 5.76 Å². The van der Waals surface area contributed by atoms with E-state index in [0.29, 0.717) is 12.1 Å². The number of furan rings is 1. The Labute approximate surface area is 148 Å². The number of aryl methyl sites for hydroxylation is 1. The predicted molar refractivity (Wildman–Crippen MR) is 99.6 cm³/mol. The van der Waals surface area contributed by atoms with E-state index in [-0.39, 0.29) is 5.91 Å². The Kier molecular flexibility index (Phi) is 5.19. The molecular weight excluding hydrogens is 312 g/mol.